The Bertz CT molecular complexity index is 874. The van der Waals surface area contributed by atoms with Gasteiger partial charge in [-0.15, -0.1) is 11.3 Å². The highest BCUT2D eigenvalue weighted by molar-refractivity contribution is 7.17. The molecule has 2 saturated heterocycles. The van der Waals surface area contributed by atoms with E-state index in [9.17, 15) is 18.0 Å². The second kappa shape index (κ2) is 8.08. The summed E-state index contributed by atoms with van der Waals surface area (Å²) in [6.07, 6.45) is -2.60. The van der Waals surface area contributed by atoms with Crippen molar-refractivity contribution in [3.05, 3.63) is 28.3 Å². The van der Waals surface area contributed by atoms with Crippen LogP contribution in [-0.2, 0) is 10.9 Å². The van der Waals surface area contributed by atoms with Gasteiger partial charge >= 0.3 is 6.18 Å². The molecule has 0 spiro atoms. The number of carbonyl (C=O) groups excluding carboxylic acids is 1. The Morgan fingerprint density at radius 3 is 2.69 bits per heavy atom. The van der Waals surface area contributed by atoms with Gasteiger partial charge in [0, 0.05) is 37.8 Å². The van der Waals surface area contributed by atoms with E-state index in [1.807, 2.05) is 4.90 Å². The lowest BCUT2D eigenvalue weighted by Gasteiger charge is -2.40. The number of carbonyl (C=O) groups is 1. The minimum absolute atomic E-state index is 0.0660. The molecule has 0 saturated carbocycles. The van der Waals surface area contributed by atoms with Gasteiger partial charge in [0.1, 0.15) is 5.69 Å². The second-order valence-corrected chi connectivity index (χ2v) is 8.43. The van der Waals surface area contributed by atoms with Crippen LogP contribution in [0, 0.1) is 6.92 Å². The van der Waals surface area contributed by atoms with Gasteiger partial charge in [0.2, 0.25) is 5.76 Å². The van der Waals surface area contributed by atoms with Crippen LogP contribution < -0.4 is 0 Å². The van der Waals surface area contributed by atoms with E-state index in [2.05, 4.69) is 14.6 Å². The Balaban J connectivity index is 1.48. The molecule has 4 rings (SSSR count). The summed E-state index contributed by atoms with van der Waals surface area (Å²) >= 11 is 1.15. The number of piperidine rings is 1. The Morgan fingerprint density at radius 1 is 1.24 bits per heavy atom. The van der Waals surface area contributed by atoms with E-state index < -0.39 is 11.9 Å². The number of likely N-dealkylation sites (tertiary alicyclic amines) is 1. The highest BCUT2D eigenvalue weighted by Gasteiger charge is 2.39. The molecular weight excluding hydrogens is 407 g/mol. The standard InChI is InChI=1S/C19H22F3N3O3S/c1-12-16(23-28-17(12)19(20,21)22)14-4-5-15(29-14)18(26)25-6-2-3-13(11-25)24-7-9-27-10-8-24/h4-5,13H,2-3,6-11H2,1H3. The van der Waals surface area contributed by atoms with Gasteiger partial charge in [-0.1, -0.05) is 5.16 Å². The number of halogens is 3. The third-order valence-electron chi connectivity index (χ3n) is 5.48. The van der Waals surface area contributed by atoms with Crippen molar-refractivity contribution in [2.75, 3.05) is 39.4 Å². The summed E-state index contributed by atoms with van der Waals surface area (Å²) in [4.78, 5) is 18.2. The molecule has 1 atom stereocenters. The highest BCUT2D eigenvalue weighted by atomic mass is 32.1. The number of hydrogen-bond acceptors (Lipinski definition) is 6. The van der Waals surface area contributed by atoms with Gasteiger partial charge < -0.3 is 14.2 Å². The van der Waals surface area contributed by atoms with Crippen molar-refractivity contribution >= 4 is 17.2 Å². The fraction of sp³-hybridized carbons (Fsp3) is 0.579. The average Bonchev–Trinajstić information content (AvgIpc) is 3.34. The van der Waals surface area contributed by atoms with Crippen molar-refractivity contribution in [1.82, 2.24) is 15.0 Å². The minimum Gasteiger partial charge on any atom is -0.379 e. The summed E-state index contributed by atoms with van der Waals surface area (Å²) in [6.45, 7) is 5.87. The van der Waals surface area contributed by atoms with Gasteiger partial charge in [0.15, 0.2) is 0 Å². The molecule has 29 heavy (non-hydrogen) atoms. The van der Waals surface area contributed by atoms with Crippen molar-refractivity contribution < 1.29 is 27.2 Å². The summed E-state index contributed by atoms with van der Waals surface area (Å²) in [7, 11) is 0. The first-order valence-corrected chi connectivity index (χ1v) is 10.4. The molecule has 2 aliphatic rings. The van der Waals surface area contributed by atoms with E-state index >= 15 is 0 Å². The number of hydrogen-bond donors (Lipinski definition) is 0. The maximum atomic E-state index is 13.0. The SMILES string of the molecule is Cc1c(-c2ccc(C(=O)N3CCCC(N4CCOCC4)C3)s2)noc1C(F)(F)F. The maximum absolute atomic E-state index is 13.0. The summed E-state index contributed by atoms with van der Waals surface area (Å²) < 4.78 is 48.7. The van der Waals surface area contributed by atoms with Crippen LogP contribution in [0.25, 0.3) is 10.6 Å². The third-order valence-corrected chi connectivity index (χ3v) is 6.56. The summed E-state index contributed by atoms with van der Waals surface area (Å²) in [6, 6.07) is 3.61. The molecule has 10 heteroatoms. The number of ether oxygens (including phenoxy) is 1. The van der Waals surface area contributed by atoms with Crippen LogP contribution in [0.5, 0.6) is 0 Å². The lowest BCUT2D eigenvalue weighted by molar-refractivity contribution is -0.156. The molecule has 1 amide bonds. The van der Waals surface area contributed by atoms with Crippen LogP contribution in [0.4, 0.5) is 13.2 Å². The number of amides is 1. The molecule has 6 nitrogen and oxygen atoms in total. The first kappa shape index (κ1) is 20.4. The zero-order chi connectivity index (χ0) is 20.6. The molecule has 2 aromatic heterocycles. The van der Waals surface area contributed by atoms with Crippen LogP contribution in [0.1, 0.15) is 33.8 Å². The molecule has 2 fully saturated rings. The second-order valence-electron chi connectivity index (χ2n) is 7.34. The topological polar surface area (TPSA) is 58.8 Å². The largest absolute Gasteiger partial charge is 0.452 e. The molecule has 0 aliphatic carbocycles. The Hall–Kier alpha value is -1.91. The summed E-state index contributed by atoms with van der Waals surface area (Å²) in [5, 5.41) is 3.58. The van der Waals surface area contributed by atoms with E-state index in [4.69, 9.17) is 4.74 Å². The monoisotopic (exact) mass is 429 g/mol. The summed E-state index contributed by atoms with van der Waals surface area (Å²) in [5.41, 5.74) is 0.0647. The molecule has 0 aromatic carbocycles. The van der Waals surface area contributed by atoms with Crippen LogP contribution in [-0.4, -0.2) is 66.3 Å². The van der Waals surface area contributed by atoms with Crippen molar-refractivity contribution in [2.24, 2.45) is 0 Å². The molecule has 0 radical (unpaired) electrons. The summed E-state index contributed by atoms with van der Waals surface area (Å²) in [5.74, 6) is -1.19. The molecule has 0 N–H and O–H groups in total. The zero-order valence-electron chi connectivity index (χ0n) is 16.0. The van der Waals surface area contributed by atoms with Crippen molar-refractivity contribution in [3.8, 4) is 10.6 Å². The third kappa shape index (κ3) is 4.19. The predicted molar refractivity (Wildman–Crippen MR) is 101 cm³/mol. The van der Waals surface area contributed by atoms with Crippen LogP contribution >= 0.6 is 11.3 Å². The van der Waals surface area contributed by atoms with Crippen molar-refractivity contribution in [2.45, 2.75) is 32.0 Å². The van der Waals surface area contributed by atoms with Crippen molar-refractivity contribution in [3.63, 3.8) is 0 Å². The van der Waals surface area contributed by atoms with Gasteiger partial charge in [0.05, 0.1) is 23.0 Å². The lowest BCUT2D eigenvalue weighted by Crippen LogP contribution is -2.52. The smallest absolute Gasteiger partial charge is 0.379 e. The average molecular weight is 429 g/mol. The zero-order valence-corrected chi connectivity index (χ0v) is 16.8. The fourth-order valence-electron chi connectivity index (χ4n) is 3.95. The Labute approximate surface area is 170 Å². The molecule has 1 unspecified atom stereocenters. The minimum atomic E-state index is -4.59. The fourth-order valence-corrected chi connectivity index (χ4v) is 4.96. The van der Waals surface area contributed by atoms with Gasteiger partial charge in [-0.2, -0.15) is 13.2 Å². The number of alkyl halides is 3. The first-order chi connectivity index (χ1) is 13.8. The Kier molecular flexibility index (Phi) is 5.67. The van der Waals surface area contributed by atoms with E-state index in [1.54, 1.807) is 12.1 Å². The normalized spacial score (nSPS) is 21.5. The van der Waals surface area contributed by atoms with E-state index in [0.29, 0.717) is 28.9 Å². The number of morpholine rings is 1. The molecule has 4 heterocycles. The van der Waals surface area contributed by atoms with Gasteiger partial charge in [-0.05, 0) is 31.9 Å². The molecular formula is C19H22F3N3O3S. The molecule has 0 bridgehead atoms. The van der Waals surface area contributed by atoms with Crippen LogP contribution in [0.3, 0.4) is 0 Å². The van der Waals surface area contributed by atoms with Gasteiger partial charge in [-0.25, -0.2) is 0 Å². The highest BCUT2D eigenvalue weighted by Crippen LogP contribution is 2.38. The van der Waals surface area contributed by atoms with E-state index in [1.165, 1.54) is 6.92 Å². The van der Waals surface area contributed by atoms with Gasteiger partial charge in [-0.3, -0.25) is 9.69 Å². The quantitative estimate of drug-likeness (QED) is 0.745. The lowest BCUT2D eigenvalue weighted by atomic mass is 10.0. The predicted octanol–water partition coefficient (Wildman–Crippen LogP) is 3.67. The number of rotatable bonds is 3. The maximum Gasteiger partial charge on any atom is 0.452 e. The van der Waals surface area contributed by atoms with Crippen LogP contribution in [0.2, 0.25) is 0 Å². The van der Waals surface area contributed by atoms with E-state index in [-0.39, 0.29) is 17.2 Å². The molecule has 2 aliphatic heterocycles. The van der Waals surface area contributed by atoms with E-state index in [0.717, 1.165) is 50.5 Å². The Morgan fingerprint density at radius 2 is 2.00 bits per heavy atom. The van der Waals surface area contributed by atoms with Crippen LogP contribution in [0.15, 0.2) is 16.7 Å². The number of thiophene rings is 1. The van der Waals surface area contributed by atoms with Gasteiger partial charge in [0.25, 0.3) is 5.91 Å². The molecule has 2 aromatic rings. The van der Waals surface area contributed by atoms with Crippen molar-refractivity contribution in [1.29, 1.82) is 0 Å². The number of nitrogens with zero attached hydrogens (tertiary/aromatic N) is 3. The molecule has 158 valence electrons. The first-order valence-electron chi connectivity index (χ1n) is 9.59. The number of aromatic nitrogens is 1.